The summed E-state index contributed by atoms with van der Waals surface area (Å²) in [5.41, 5.74) is 0. The standard InChI is InChI=1S/C12H21B/c1-12(2)6-9-3-10-5-11(4-9)8-13(12)7-10/h9-11H,3-8H2,1-2H3. The fraction of sp³-hybridized carbons (Fsp3) is 1.00. The van der Waals surface area contributed by atoms with Crippen LogP contribution in [0.1, 0.15) is 39.5 Å². The zero-order valence-corrected chi connectivity index (χ0v) is 9.05. The predicted octanol–water partition coefficient (Wildman–Crippen LogP) is 3.71. The fourth-order valence-electron chi connectivity index (χ4n) is 4.70. The minimum absolute atomic E-state index is 0.675. The SMILES string of the molecule is CC1(C)CC2CC3CB1CC(C3)C2. The second kappa shape index (κ2) is 2.55. The number of hydrogen-bond donors (Lipinski definition) is 0. The van der Waals surface area contributed by atoms with E-state index in [-0.39, 0.29) is 0 Å². The van der Waals surface area contributed by atoms with Gasteiger partial charge in [0.05, 0.1) is 0 Å². The Labute approximate surface area is 82.6 Å². The molecule has 2 atom stereocenters. The Balaban J connectivity index is 1.95. The smallest absolute Gasteiger partial charge is 0.0708 e. The Morgan fingerprint density at radius 1 is 0.923 bits per heavy atom. The third-order valence-electron chi connectivity index (χ3n) is 5.16. The summed E-state index contributed by atoms with van der Waals surface area (Å²) in [6, 6.07) is 0. The average Bonchev–Trinajstić information content (AvgIpc) is 2.12. The van der Waals surface area contributed by atoms with Crippen LogP contribution in [-0.2, 0) is 0 Å². The maximum Gasteiger partial charge on any atom is 0.146 e. The summed E-state index contributed by atoms with van der Waals surface area (Å²) >= 11 is 0. The Morgan fingerprint density at radius 3 is 2.08 bits per heavy atom. The molecule has 2 unspecified atom stereocenters. The average molecular weight is 176 g/mol. The molecule has 0 aromatic rings. The molecule has 13 heavy (non-hydrogen) atoms. The highest BCUT2D eigenvalue weighted by atomic mass is 14.4. The summed E-state index contributed by atoms with van der Waals surface area (Å²) in [5, 5.41) is 0.675. The van der Waals surface area contributed by atoms with Gasteiger partial charge in [-0.05, 0) is 37.0 Å². The van der Waals surface area contributed by atoms with E-state index < -0.39 is 0 Å². The van der Waals surface area contributed by atoms with Gasteiger partial charge >= 0.3 is 0 Å². The van der Waals surface area contributed by atoms with Crippen LogP contribution in [0.5, 0.6) is 0 Å². The van der Waals surface area contributed by atoms with Gasteiger partial charge in [0.1, 0.15) is 6.71 Å². The van der Waals surface area contributed by atoms with Crippen LogP contribution in [0.4, 0.5) is 0 Å². The van der Waals surface area contributed by atoms with E-state index >= 15 is 0 Å². The lowest BCUT2D eigenvalue weighted by Crippen LogP contribution is -2.34. The Kier molecular flexibility index (Phi) is 1.64. The van der Waals surface area contributed by atoms with Crippen molar-refractivity contribution in [3.8, 4) is 0 Å². The first-order valence-corrected chi connectivity index (χ1v) is 6.13. The van der Waals surface area contributed by atoms with Crippen LogP contribution in [0.2, 0.25) is 18.0 Å². The summed E-state index contributed by atoms with van der Waals surface area (Å²) in [4.78, 5) is 0. The second-order valence-electron chi connectivity index (χ2n) is 6.67. The number of rotatable bonds is 0. The maximum atomic E-state index is 2.53. The Bertz CT molecular complexity index is 207. The van der Waals surface area contributed by atoms with Crippen molar-refractivity contribution in [1.82, 2.24) is 0 Å². The lowest BCUT2D eigenvalue weighted by atomic mass is 9.27. The molecule has 1 aliphatic carbocycles. The van der Waals surface area contributed by atoms with E-state index in [0.29, 0.717) is 5.31 Å². The molecule has 4 fully saturated rings. The van der Waals surface area contributed by atoms with Gasteiger partial charge in [-0.1, -0.05) is 38.2 Å². The minimum atomic E-state index is 0.675. The lowest BCUT2D eigenvalue weighted by molar-refractivity contribution is 0.208. The van der Waals surface area contributed by atoms with E-state index in [1.165, 1.54) is 6.42 Å². The van der Waals surface area contributed by atoms with Gasteiger partial charge in [0.25, 0.3) is 0 Å². The van der Waals surface area contributed by atoms with E-state index in [2.05, 4.69) is 13.8 Å². The second-order valence-corrected chi connectivity index (χ2v) is 6.67. The monoisotopic (exact) mass is 176 g/mol. The summed E-state index contributed by atoms with van der Waals surface area (Å²) in [7, 11) is 0. The lowest BCUT2D eigenvalue weighted by Gasteiger charge is -2.38. The van der Waals surface area contributed by atoms with Gasteiger partial charge in [-0.15, -0.1) is 0 Å². The molecule has 0 aromatic carbocycles. The number of fused-ring (bicyclic) bond motifs is 1. The summed E-state index contributed by atoms with van der Waals surface area (Å²) in [5.74, 6) is 3.36. The molecule has 0 radical (unpaired) electrons. The third kappa shape index (κ3) is 1.27. The fourth-order valence-corrected chi connectivity index (χ4v) is 4.70. The van der Waals surface area contributed by atoms with Crippen molar-refractivity contribution in [1.29, 1.82) is 0 Å². The molecule has 0 amide bonds. The van der Waals surface area contributed by atoms with Gasteiger partial charge in [0.2, 0.25) is 0 Å². The molecule has 0 aromatic heterocycles. The molecular weight excluding hydrogens is 155 g/mol. The van der Waals surface area contributed by atoms with Crippen LogP contribution in [0.15, 0.2) is 0 Å². The molecule has 0 nitrogen and oxygen atoms in total. The van der Waals surface area contributed by atoms with E-state index in [9.17, 15) is 0 Å². The van der Waals surface area contributed by atoms with Crippen molar-refractivity contribution >= 4 is 6.71 Å². The molecule has 0 spiro atoms. The van der Waals surface area contributed by atoms with E-state index in [1.807, 2.05) is 0 Å². The molecule has 4 bridgehead atoms. The van der Waals surface area contributed by atoms with Crippen LogP contribution < -0.4 is 0 Å². The largest absolute Gasteiger partial charge is 0.146 e. The predicted molar refractivity (Wildman–Crippen MR) is 58.3 cm³/mol. The zero-order valence-electron chi connectivity index (χ0n) is 9.05. The molecule has 72 valence electrons. The Hall–Kier alpha value is 0.0649. The van der Waals surface area contributed by atoms with Crippen molar-refractivity contribution < 1.29 is 0 Å². The van der Waals surface area contributed by atoms with Gasteiger partial charge in [-0.25, -0.2) is 0 Å². The molecule has 4 aliphatic rings. The van der Waals surface area contributed by atoms with Gasteiger partial charge in [0, 0.05) is 0 Å². The quantitative estimate of drug-likeness (QED) is 0.493. The van der Waals surface area contributed by atoms with Gasteiger partial charge in [-0.2, -0.15) is 0 Å². The first kappa shape index (κ1) is 8.38. The van der Waals surface area contributed by atoms with E-state index in [4.69, 9.17) is 0 Å². The summed E-state index contributed by atoms with van der Waals surface area (Å²) in [6.45, 7) is 6.13. The van der Waals surface area contributed by atoms with E-state index in [1.54, 1.807) is 31.9 Å². The molecule has 3 aliphatic heterocycles. The molecule has 0 N–H and O–H groups in total. The van der Waals surface area contributed by atoms with Gasteiger partial charge in [-0.3, -0.25) is 0 Å². The van der Waals surface area contributed by atoms with Crippen LogP contribution in [0.25, 0.3) is 0 Å². The van der Waals surface area contributed by atoms with Crippen molar-refractivity contribution in [3.05, 3.63) is 0 Å². The van der Waals surface area contributed by atoms with Crippen LogP contribution >= 0.6 is 0 Å². The molecular formula is C12H21B. The first-order valence-electron chi connectivity index (χ1n) is 6.13. The third-order valence-corrected chi connectivity index (χ3v) is 5.16. The molecule has 3 heterocycles. The van der Waals surface area contributed by atoms with Crippen molar-refractivity contribution in [2.75, 3.05) is 0 Å². The topological polar surface area (TPSA) is 0 Å². The Morgan fingerprint density at radius 2 is 1.46 bits per heavy atom. The summed E-state index contributed by atoms with van der Waals surface area (Å²) < 4.78 is 0. The highest BCUT2D eigenvalue weighted by Gasteiger charge is 2.48. The number of hydrogen-bond acceptors (Lipinski definition) is 0. The highest BCUT2D eigenvalue weighted by molar-refractivity contribution is 6.62. The normalized spacial score (nSPS) is 46.6. The van der Waals surface area contributed by atoms with Gasteiger partial charge in [0.15, 0.2) is 0 Å². The minimum Gasteiger partial charge on any atom is -0.0708 e. The van der Waals surface area contributed by atoms with Crippen LogP contribution in [0, 0.1) is 17.8 Å². The van der Waals surface area contributed by atoms with Crippen molar-refractivity contribution in [3.63, 3.8) is 0 Å². The van der Waals surface area contributed by atoms with Gasteiger partial charge < -0.3 is 0 Å². The van der Waals surface area contributed by atoms with E-state index in [0.717, 1.165) is 24.5 Å². The zero-order chi connectivity index (χ0) is 9.05. The van der Waals surface area contributed by atoms with Crippen molar-refractivity contribution in [2.24, 2.45) is 17.8 Å². The highest BCUT2D eigenvalue weighted by Crippen LogP contribution is 2.57. The molecule has 1 heteroatoms. The van der Waals surface area contributed by atoms with Crippen molar-refractivity contribution in [2.45, 2.75) is 57.5 Å². The van der Waals surface area contributed by atoms with Crippen LogP contribution in [0.3, 0.4) is 0 Å². The maximum absolute atomic E-state index is 2.53. The van der Waals surface area contributed by atoms with Crippen LogP contribution in [-0.4, -0.2) is 6.71 Å². The first-order chi connectivity index (χ1) is 6.13. The molecule has 1 saturated carbocycles. The summed E-state index contributed by atoms with van der Waals surface area (Å²) in [6.07, 6.45) is 9.42. The molecule has 4 rings (SSSR count). The molecule has 3 saturated heterocycles.